The molecule has 3 rings (SSSR count). The predicted molar refractivity (Wildman–Crippen MR) is 94.2 cm³/mol. The summed E-state index contributed by atoms with van der Waals surface area (Å²) in [4.78, 5) is 21.4. The van der Waals surface area contributed by atoms with Crippen LogP contribution in [0.4, 0.5) is 5.13 Å². The highest BCUT2D eigenvalue weighted by Crippen LogP contribution is 2.30. The molecular formula is C17H18N4O2S. The second-order valence-electron chi connectivity index (χ2n) is 5.65. The summed E-state index contributed by atoms with van der Waals surface area (Å²) in [7, 11) is 5.55. The van der Waals surface area contributed by atoms with Crippen molar-refractivity contribution >= 4 is 22.4 Å². The molecule has 0 atom stereocenters. The molecule has 0 aliphatic rings. The average Bonchev–Trinajstić information content (AvgIpc) is 3.23. The van der Waals surface area contributed by atoms with Crippen molar-refractivity contribution in [3.63, 3.8) is 0 Å². The zero-order chi connectivity index (χ0) is 17.1. The van der Waals surface area contributed by atoms with Crippen molar-refractivity contribution in [1.82, 2.24) is 15.0 Å². The monoisotopic (exact) mass is 342 g/mol. The highest BCUT2D eigenvalue weighted by molar-refractivity contribution is 7.19. The molecule has 1 aromatic carbocycles. The van der Waals surface area contributed by atoms with Gasteiger partial charge in [-0.05, 0) is 19.7 Å². The summed E-state index contributed by atoms with van der Waals surface area (Å²) in [5.74, 6) is 0.415. The van der Waals surface area contributed by atoms with Crippen LogP contribution in [-0.2, 0) is 6.54 Å². The Bertz CT molecular complexity index is 826. The third kappa shape index (κ3) is 3.52. The number of thiazole rings is 1. The second-order valence-corrected chi connectivity index (χ2v) is 6.66. The van der Waals surface area contributed by atoms with Crippen molar-refractivity contribution in [2.45, 2.75) is 6.54 Å². The van der Waals surface area contributed by atoms with Gasteiger partial charge in [-0.15, -0.1) is 0 Å². The lowest BCUT2D eigenvalue weighted by Crippen LogP contribution is -2.26. The molecular weight excluding hydrogens is 324 g/mol. The van der Waals surface area contributed by atoms with Crippen LogP contribution >= 0.6 is 11.3 Å². The van der Waals surface area contributed by atoms with Gasteiger partial charge in [0.1, 0.15) is 0 Å². The number of anilines is 1. The summed E-state index contributed by atoms with van der Waals surface area (Å²) in [5.41, 5.74) is 1.36. The Morgan fingerprint density at radius 1 is 1.21 bits per heavy atom. The lowest BCUT2D eigenvalue weighted by Gasteiger charge is -2.11. The lowest BCUT2D eigenvalue weighted by molar-refractivity contribution is 0.0984. The summed E-state index contributed by atoms with van der Waals surface area (Å²) in [5, 5.41) is 4.49. The number of rotatable bonds is 5. The van der Waals surface area contributed by atoms with Gasteiger partial charge < -0.3 is 9.42 Å². The van der Waals surface area contributed by atoms with E-state index in [1.165, 1.54) is 16.2 Å². The number of carbonyl (C=O) groups excluding carboxylic acids is 1. The fraction of sp³-hybridized carbons (Fsp3) is 0.235. The van der Waals surface area contributed by atoms with Gasteiger partial charge in [0.25, 0.3) is 5.91 Å². The first-order valence-corrected chi connectivity index (χ1v) is 8.26. The lowest BCUT2D eigenvalue weighted by atomic mass is 10.2. The van der Waals surface area contributed by atoms with Crippen LogP contribution in [-0.4, -0.2) is 42.1 Å². The number of aromatic nitrogens is 2. The van der Waals surface area contributed by atoms with Crippen LogP contribution < -0.4 is 4.90 Å². The minimum absolute atomic E-state index is 0.238. The number of hydrogen-bond acceptors (Lipinski definition) is 6. The number of nitrogens with zero attached hydrogens (tertiary/aromatic N) is 4. The molecule has 2 aromatic heterocycles. The van der Waals surface area contributed by atoms with Gasteiger partial charge in [-0.1, -0.05) is 46.8 Å². The highest BCUT2D eigenvalue weighted by atomic mass is 32.1. The predicted octanol–water partition coefficient (Wildman–Crippen LogP) is 3.14. The number of amides is 1. The molecule has 0 saturated carbocycles. The fourth-order valence-corrected chi connectivity index (χ4v) is 3.10. The molecule has 24 heavy (non-hydrogen) atoms. The van der Waals surface area contributed by atoms with Gasteiger partial charge in [0.15, 0.2) is 16.6 Å². The fourth-order valence-electron chi connectivity index (χ4n) is 2.21. The standard InChI is InChI=1S/C17H18N4O2S/c1-20(2)11-13-9-14(19-23-13)16(22)21(3)17-18-10-15(24-17)12-7-5-4-6-8-12/h4-10H,11H2,1-3H3. The maximum absolute atomic E-state index is 12.5. The molecule has 0 bridgehead atoms. The first-order valence-electron chi connectivity index (χ1n) is 7.44. The SMILES string of the molecule is CN(C)Cc1cc(C(=O)N(C)c2ncc(-c3ccccc3)s2)no1. The van der Waals surface area contributed by atoms with Crippen LogP contribution in [0.5, 0.6) is 0 Å². The largest absolute Gasteiger partial charge is 0.359 e. The molecule has 0 N–H and O–H groups in total. The summed E-state index contributed by atoms with van der Waals surface area (Å²) in [6, 6.07) is 11.6. The van der Waals surface area contributed by atoms with Crippen molar-refractivity contribution < 1.29 is 9.32 Å². The number of benzene rings is 1. The Morgan fingerprint density at radius 2 is 1.96 bits per heavy atom. The third-order valence-corrected chi connectivity index (χ3v) is 4.52. The van der Waals surface area contributed by atoms with Crippen LogP contribution in [0, 0.1) is 0 Å². The summed E-state index contributed by atoms with van der Waals surface area (Å²) in [6.45, 7) is 0.597. The van der Waals surface area contributed by atoms with Crippen molar-refractivity contribution in [1.29, 1.82) is 0 Å². The normalized spacial score (nSPS) is 11.0. The molecule has 0 aliphatic heterocycles. The summed E-state index contributed by atoms with van der Waals surface area (Å²) >= 11 is 1.46. The Hall–Kier alpha value is -2.51. The first-order chi connectivity index (χ1) is 11.5. The van der Waals surface area contributed by atoms with Gasteiger partial charge in [0.2, 0.25) is 0 Å². The third-order valence-electron chi connectivity index (χ3n) is 3.39. The molecule has 7 heteroatoms. The molecule has 3 aromatic rings. The quantitative estimate of drug-likeness (QED) is 0.713. The average molecular weight is 342 g/mol. The zero-order valence-corrected chi connectivity index (χ0v) is 14.6. The Morgan fingerprint density at radius 3 is 2.67 bits per heavy atom. The molecule has 6 nitrogen and oxygen atoms in total. The smallest absolute Gasteiger partial charge is 0.281 e. The summed E-state index contributed by atoms with van der Waals surface area (Å²) < 4.78 is 5.20. The van der Waals surface area contributed by atoms with E-state index in [2.05, 4.69) is 10.1 Å². The van der Waals surface area contributed by atoms with Gasteiger partial charge in [0, 0.05) is 19.3 Å². The molecule has 1 amide bonds. The Balaban J connectivity index is 1.76. The number of hydrogen-bond donors (Lipinski definition) is 0. The van der Waals surface area contributed by atoms with Crippen molar-refractivity contribution in [2.24, 2.45) is 0 Å². The van der Waals surface area contributed by atoms with E-state index in [4.69, 9.17) is 4.52 Å². The van der Waals surface area contributed by atoms with Crippen molar-refractivity contribution in [3.8, 4) is 10.4 Å². The Labute approximate surface area is 144 Å². The molecule has 124 valence electrons. The molecule has 0 unspecified atom stereocenters. The maximum atomic E-state index is 12.5. The van der Waals surface area contributed by atoms with E-state index >= 15 is 0 Å². The van der Waals surface area contributed by atoms with Crippen LogP contribution in [0.15, 0.2) is 47.1 Å². The Kier molecular flexibility index (Phi) is 4.73. The van der Waals surface area contributed by atoms with Crippen molar-refractivity contribution in [2.75, 3.05) is 26.0 Å². The van der Waals surface area contributed by atoms with E-state index in [1.54, 1.807) is 19.3 Å². The topological polar surface area (TPSA) is 62.5 Å². The van der Waals surface area contributed by atoms with E-state index in [0.29, 0.717) is 17.4 Å². The van der Waals surface area contributed by atoms with E-state index in [9.17, 15) is 4.79 Å². The van der Waals surface area contributed by atoms with Gasteiger partial charge in [0.05, 0.1) is 11.4 Å². The van der Waals surface area contributed by atoms with E-state index in [0.717, 1.165) is 10.4 Å². The van der Waals surface area contributed by atoms with Crippen LogP contribution in [0.2, 0.25) is 0 Å². The van der Waals surface area contributed by atoms with Gasteiger partial charge >= 0.3 is 0 Å². The van der Waals surface area contributed by atoms with Gasteiger partial charge in [-0.2, -0.15) is 0 Å². The van der Waals surface area contributed by atoms with Crippen LogP contribution in [0.3, 0.4) is 0 Å². The molecule has 0 radical (unpaired) electrons. The maximum Gasteiger partial charge on any atom is 0.281 e. The van der Waals surface area contributed by atoms with Crippen LogP contribution in [0.1, 0.15) is 16.2 Å². The van der Waals surface area contributed by atoms with E-state index in [1.807, 2.05) is 49.3 Å². The zero-order valence-electron chi connectivity index (χ0n) is 13.8. The van der Waals surface area contributed by atoms with Crippen molar-refractivity contribution in [3.05, 3.63) is 54.0 Å². The molecule has 0 saturated heterocycles. The summed E-state index contributed by atoms with van der Waals surface area (Å²) in [6.07, 6.45) is 1.78. The van der Waals surface area contributed by atoms with Gasteiger partial charge in [-0.3, -0.25) is 9.69 Å². The minimum Gasteiger partial charge on any atom is -0.359 e. The van der Waals surface area contributed by atoms with Gasteiger partial charge in [-0.25, -0.2) is 4.98 Å². The van der Waals surface area contributed by atoms with E-state index < -0.39 is 0 Å². The van der Waals surface area contributed by atoms with Crippen LogP contribution in [0.25, 0.3) is 10.4 Å². The molecule has 0 spiro atoms. The molecule has 0 fully saturated rings. The first kappa shape index (κ1) is 16.4. The molecule has 0 aliphatic carbocycles. The highest BCUT2D eigenvalue weighted by Gasteiger charge is 2.21. The van der Waals surface area contributed by atoms with E-state index in [-0.39, 0.29) is 11.6 Å². The second kappa shape index (κ2) is 6.94. The molecule has 2 heterocycles. The minimum atomic E-state index is -0.238. The number of carbonyl (C=O) groups is 1.